The average molecular weight is 286 g/mol. The predicted octanol–water partition coefficient (Wildman–Crippen LogP) is 0.675. The van der Waals surface area contributed by atoms with E-state index < -0.39 is 23.7 Å². The number of hydrogen-bond acceptors (Lipinski definition) is 5. The normalized spacial score (nSPS) is 18.6. The van der Waals surface area contributed by atoms with Crippen LogP contribution in [0.3, 0.4) is 0 Å². The molecule has 7 nitrogen and oxygen atoms in total. The fourth-order valence-corrected chi connectivity index (χ4v) is 1.93. The molecule has 7 heteroatoms. The molecule has 1 fully saturated rings. The Balaban J connectivity index is 2.58. The molecule has 1 aliphatic rings. The summed E-state index contributed by atoms with van der Waals surface area (Å²) in [4.78, 5) is 36.4. The summed E-state index contributed by atoms with van der Waals surface area (Å²) in [6.45, 7) is 5.59. The summed E-state index contributed by atoms with van der Waals surface area (Å²) in [5.41, 5.74) is -0.604. The summed E-state index contributed by atoms with van der Waals surface area (Å²) in [5.74, 6) is -0.890. The monoisotopic (exact) mass is 286 g/mol. The average Bonchev–Trinajstić information content (AvgIpc) is 2.82. The smallest absolute Gasteiger partial charge is 0.410 e. The maximum atomic E-state index is 12.0. The van der Waals surface area contributed by atoms with Gasteiger partial charge in [0, 0.05) is 6.54 Å². The van der Waals surface area contributed by atoms with E-state index in [1.54, 1.807) is 20.8 Å². The molecule has 0 aliphatic carbocycles. The zero-order valence-electron chi connectivity index (χ0n) is 12.4. The Kier molecular flexibility index (Phi) is 5.35. The van der Waals surface area contributed by atoms with Gasteiger partial charge >= 0.3 is 12.1 Å². The first kappa shape index (κ1) is 16.3. The van der Waals surface area contributed by atoms with Crippen molar-refractivity contribution < 1.29 is 23.9 Å². The fraction of sp³-hybridized carbons (Fsp3) is 0.769. The van der Waals surface area contributed by atoms with Crippen molar-refractivity contribution in [3.05, 3.63) is 0 Å². The predicted molar refractivity (Wildman–Crippen MR) is 71.0 cm³/mol. The summed E-state index contributed by atoms with van der Waals surface area (Å²) in [7, 11) is 1.25. The third kappa shape index (κ3) is 4.71. The Hall–Kier alpha value is -1.79. The quantitative estimate of drug-likeness (QED) is 0.771. The van der Waals surface area contributed by atoms with Crippen molar-refractivity contribution in [1.29, 1.82) is 0 Å². The van der Waals surface area contributed by atoms with Gasteiger partial charge in [-0.15, -0.1) is 0 Å². The standard InChI is InChI=1S/C13H22N2O5/c1-13(2,3)20-12(18)15-7-5-6-9(15)11(17)14-8-10(16)19-4/h9H,5-8H2,1-4H3,(H,14,17)/t9-/m1/s1. The molecular weight excluding hydrogens is 264 g/mol. The minimum absolute atomic E-state index is 0.200. The first-order chi connectivity index (χ1) is 9.24. The zero-order chi connectivity index (χ0) is 15.3. The van der Waals surface area contributed by atoms with Crippen LogP contribution in [0.4, 0.5) is 4.79 Å². The minimum Gasteiger partial charge on any atom is -0.468 e. The van der Waals surface area contributed by atoms with Gasteiger partial charge in [-0.25, -0.2) is 4.79 Å². The molecule has 1 N–H and O–H groups in total. The molecular formula is C13H22N2O5. The van der Waals surface area contributed by atoms with Crippen molar-refractivity contribution in [2.75, 3.05) is 20.2 Å². The van der Waals surface area contributed by atoms with Crippen molar-refractivity contribution in [2.45, 2.75) is 45.3 Å². The Morgan fingerprint density at radius 2 is 1.95 bits per heavy atom. The molecule has 1 atom stereocenters. The molecule has 0 spiro atoms. The highest BCUT2D eigenvalue weighted by Crippen LogP contribution is 2.20. The van der Waals surface area contributed by atoms with Gasteiger partial charge in [0.25, 0.3) is 0 Å². The van der Waals surface area contributed by atoms with E-state index in [1.807, 2.05) is 0 Å². The molecule has 2 amide bonds. The van der Waals surface area contributed by atoms with E-state index in [0.717, 1.165) is 6.42 Å². The molecule has 0 radical (unpaired) electrons. The number of nitrogens with zero attached hydrogens (tertiary/aromatic N) is 1. The van der Waals surface area contributed by atoms with E-state index in [9.17, 15) is 14.4 Å². The zero-order valence-corrected chi connectivity index (χ0v) is 12.4. The number of amides is 2. The van der Waals surface area contributed by atoms with Gasteiger partial charge in [0.2, 0.25) is 5.91 Å². The summed E-state index contributed by atoms with van der Waals surface area (Å²) >= 11 is 0. The van der Waals surface area contributed by atoms with Crippen LogP contribution < -0.4 is 5.32 Å². The van der Waals surface area contributed by atoms with Crippen LogP contribution in [0.5, 0.6) is 0 Å². The number of hydrogen-bond donors (Lipinski definition) is 1. The highest BCUT2D eigenvalue weighted by atomic mass is 16.6. The molecule has 0 saturated carbocycles. The van der Waals surface area contributed by atoms with Crippen LogP contribution >= 0.6 is 0 Å². The lowest BCUT2D eigenvalue weighted by atomic mass is 10.2. The lowest BCUT2D eigenvalue weighted by Gasteiger charge is -2.27. The Morgan fingerprint density at radius 3 is 2.50 bits per heavy atom. The SMILES string of the molecule is COC(=O)CNC(=O)[C@H]1CCCN1C(=O)OC(C)(C)C. The van der Waals surface area contributed by atoms with Crippen LogP contribution in [0.2, 0.25) is 0 Å². The van der Waals surface area contributed by atoms with Gasteiger partial charge in [-0.1, -0.05) is 0 Å². The third-order valence-corrected chi connectivity index (χ3v) is 2.82. The number of methoxy groups -OCH3 is 1. The van der Waals surface area contributed by atoms with E-state index in [4.69, 9.17) is 4.74 Å². The highest BCUT2D eigenvalue weighted by Gasteiger charge is 2.36. The van der Waals surface area contributed by atoms with Crippen molar-refractivity contribution in [3.8, 4) is 0 Å². The van der Waals surface area contributed by atoms with Crippen LogP contribution in [0.25, 0.3) is 0 Å². The summed E-state index contributed by atoms with van der Waals surface area (Å²) in [5, 5.41) is 2.46. The molecule has 114 valence electrons. The summed E-state index contributed by atoms with van der Waals surface area (Å²) in [6, 6.07) is -0.588. The molecule has 1 heterocycles. The van der Waals surface area contributed by atoms with E-state index in [-0.39, 0.29) is 12.5 Å². The molecule has 0 aromatic heterocycles. The van der Waals surface area contributed by atoms with Crippen molar-refractivity contribution in [1.82, 2.24) is 10.2 Å². The van der Waals surface area contributed by atoms with Crippen molar-refractivity contribution in [2.24, 2.45) is 0 Å². The van der Waals surface area contributed by atoms with Gasteiger partial charge in [0.05, 0.1) is 7.11 Å². The molecule has 0 unspecified atom stereocenters. The maximum absolute atomic E-state index is 12.0. The van der Waals surface area contributed by atoms with Gasteiger partial charge in [-0.2, -0.15) is 0 Å². The topological polar surface area (TPSA) is 84.9 Å². The van der Waals surface area contributed by atoms with Crippen molar-refractivity contribution in [3.63, 3.8) is 0 Å². The summed E-state index contributed by atoms with van der Waals surface area (Å²) < 4.78 is 9.71. The maximum Gasteiger partial charge on any atom is 0.410 e. The number of carbonyl (C=O) groups excluding carboxylic acids is 3. The molecule has 20 heavy (non-hydrogen) atoms. The number of carbonyl (C=O) groups is 3. The largest absolute Gasteiger partial charge is 0.468 e. The van der Waals surface area contributed by atoms with Crippen LogP contribution in [0, 0.1) is 0 Å². The van der Waals surface area contributed by atoms with Gasteiger partial charge in [-0.3, -0.25) is 14.5 Å². The number of likely N-dealkylation sites (tertiary alicyclic amines) is 1. The first-order valence-electron chi connectivity index (χ1n) is 6.59. The van der Waals surface area contributed by atoms with E-state index in [1.165, 1.54) is 12.0 Å². The van der Waals surface area contributed by atoms with Crippen LogP contribution in [0.15, 0.2) is 0 Å². The lowest BCUT2D eigenvalue weighted by Crippen LogP contribution is -2.48. The van der Waals surface area contributed by atoms with Crippen LogP contribution in [-0.2, 0) is 19.1 Å². The minimum atomic E-state index is -0.604. The second kappa shape index (κ2) is 6.58. The number of esters is 1. The van der Waals surface area contributed by atoms with Crippen LogP contribution in [-0.4, -0.2) is 54.7 Å². The number of ether oxygens (including phenoxy) is 2. The van der Waals surface area contributed by atoms with Crippen LogP contribution in [0.1, 0.15) is 33.6 Å². The van der Waals surface area contributed by atoms with Gasteiger partial charge in [-0.05, 0) is 33.6 Å². The van der Waals surface area contributed by atoms with E-state index in [0.29, 0.717) is 13.0 Å². The Labute approximate surface area is 118 Å². The third-order valence-electron chi connectivity index (χ3n) is 2.82. The van der Waals surface area contributed by atoms with Gasteiger partial charge in [0.1, 0.15) is 18.2 Å². The first-order valence-corrected chi connectivity index (χ1v) is 6.59. The second-order valence-corrected chi connectivity index (χ2v) is 5.63. The van der Waals surface area contributed by atoms with E-state index >= 15 is 0 Å². The number of nitrogens with one attached hydrogen (secondary N) is 1. The Morgan fingerprint density at radius 1 is 1.30 bits per heavy atom. The second-order valence-electron chi connectivity index (χ2n) is 5.63. The van der Waals surface area contributed by atoms with Gasteiger partial charge in [0.15, 0.2) is 0 Å². The highest BCUT2D eigenvalue weighted by molar-refractivity contribution is 5.88. The molecule has 0 bridgehead atoms. The molecule has 0 aromatic carbocycles. The number of rotatable bonds is 3. The van der Waals surface area contributed by atoms with Crippen molar-refractivity contribution >= 4 is 18.0 Å². The molecule has 1 aliphatic heterocycles. The lowest BCUT2D eigenvalue weighted by molar-refractivity contribution is -0.141. The molecule has 1 rings (SSSR count). The van der Waals surface area contributed by atoms with E-state index in [2.05, 4.69) is 10.1 Å². The van der Waals surface area contributed by atoms with Gasteiger partial charge < -0.3 is 14.8 Å². The molecule has 1 saturated heterocycles. The fourth-order valence-electron chi connectivity index (χ4n) is 1.93. The Bertz CT molecular complexity index is 389. The summed E-state index contributed by atoms with van der Waals surface area (Å²) in [6.07, 6.45) is 0.787. The molecule has 0 aromatic rings.